The van der Waals surface area contributed by atoms with Crippen LogP contribution in [0.25, 0.3) is 0 Å². The SMILES string of the molecule is CC(F)C(O)OC(C)(C)C. The first-order valence-corrected chi connectivity index (χ1v) is 3.33. The molecule has 0 bridgehead atoms. The summed E-state index contributed by atoms with van der Waals surface area (Å²) in [7, 11) is 0. The summed E-state index contributed by atoms with van der Waals surface area (Å²) in [6.07, 6.45) is -2.64. The molecule has 0 amide bonds. The van der Waals surface area contributed by atoms with Gasteiger partial charge >= 0.3 is 0 Å². The number of halogens is 1. The lowest BCUT2D eigenvalue weighted by Crippen LogP contribution is -2.32. The Morgan fingerprint density at radius 3 is 1.90 bits per heavy atom. The molecule has 0 heterocycles. The first-order chi connectivity index (χ1) is 4.33. The van der Waals surface area contributed by atoms with Gasteiger partial charge in [0.25, 0.3) is 0 Å². The van der Waals surface area contributed by atoms with E-state index in [2.05, 4.69) is 0 Å². The minimum Gasteiger partial charge on any atom is -0.366 e. The van der Waals surface area contributed by atoms with E-state index >= 15 is 0 Å². The normalized spacial score (nSPS) is 18.6. The van der Waals surface area contributed by atoms with E-state index in [9.17, 15) is 4.39 Å². The lowest BCUT2D eigenvalue weighted by molar-refractivity contribution is -0.191. The van der Waals surface area contributed by atoms with Crippen LogP contribution in [0.15, 0.2) is 0 Å². The number of aliphatic hydroxyl groups is 1. The van der Waals surface area contributed by atoms with Crippen molar-refractivity contribution in [1.82, 2.24) is 0 Å². The molecule has 2 nitrogen and oxygen atoms in total. The number of hydrogen-bond donors (Lipinski definition) is 1. The number of alkyl halides is 1. The van der Waals surface area contributed by atoms with Crippen LogP contribution in [-0.4, -0.2) is 23.2 Å². The van der Waals surface area contributed by atoms with Gasteiger partial charge in [-0.2, -0.15) is 0 Å². The van der Waals surface area contributed by atoms with Gasteiger partial charge in [-0.15, -0.1) is 0 Å². The van der Waals surface area contributed by atoms with E-state index in [1.165, 1.54) is 6.92 Å². The van der Waals surface area contributed by atoms with E-state index in [0.717, 1.165) is 0 Å². The quantitative estimate of drug-likeness (QED) is 0.604. The van der Waals surface area contributed by atoms with Crippen LogP contribution in [-0.2, 0) is 4.74 Å². The standard InChI is InChI=1S/C7H15FO2/c1-5(8)6(9)10-7(2,3)4/h5-6,9H,1-4H3. The largest absolute Gasteiger partial charge is 0.366 e. The van der Waals surface area contributed by atoms with Gasteiger partial charge in [-0.05, 0) is 27.7 Å². The second kappa shape index (κ2) is 3.30. The molecule has 0 aliphatic heterocycles. The Morgan fingerprint density at radius 1 is 1.40 bits per heavy atom. The van der Waals surface area contributed by atoms with Crippen LogP contribution in [0.5, 0.6) is 0 Å². The molecule has 0 aliphatic carbocycles. The molecule has 0 aliphatic rings. The number of hydrogen-bond acceptors (Lipinski definition) is 2. The summed E-state index contributed by atoms with van der Waals surface area (Å²) in [5.41, 5.74) is -0.486. The summed E-state index contributed by atoms with van der Waals surface area (Å²) in [6, 6.07) is 0. The average Bonchev–Trinajstić information content (AvgIpc) is 1.60. The zero-order chi connectivity index (χ0) is 8.36. The Morgan fingerprint density at radius 2 is 1.80 bits per heavy atom. The molecule has 1 N–H and O–H groups in total. The van der Waals surface area contributed by atoms with Crippen LogP contribution in [0.1, 0.15) is 27.7 Å². The maximum absolute atomic E-state index is 12.3. The Kier molecular flexibility index (Phi) is 3.25. The lowest BCUT2D eigenvalue weighted by atomic mass is 10.2. The Bertz CT molecular complexity index is 96.3. The van der Waals surface area contributed by atoms with Crippen LogP contribution in [0, 0.1) is 0 Å². The third kappa shape index (κ3) is 4.70. The highest BCUT2D eigenvalue weighted by atomic mass is 19.1. The van der Waals surface area contributed by atoms with E-state index in [4.69, 9.17) is 9.84 Å². The molecule has 2 unspecified atom stereocenters. The van der Waals surface area contributed by atoms with Crippen molar-refractivity contribution in [1.29, 1.82) is 0 Å². The highest BCUT2D eigenvalue weighted by Gasteiger charge is 2.20. The van der Waals surface area contributed by atoms with Crippen LogP contribution in [0.4, 0.5) is 4.39 Å². The molecule has 3 heteroatoms. The molecule has 0 aromatic rings. The summed E-state index contributed by atoms with van der Waals surface area (Å²) in [5, 5.41) is 8.86. The smallest absolute Gasteiger partial charge is 0.186 e. The molecule has 0 fully saturated rings. The molecule has 0 radical (unpaired) electrons. The molecular weight excluding hydrogens is 135 g/mol. The van der Waals surface area contributed by atoms with Gasteiger partial charge in [-0.25, -0.2) is 4.39 Å². The molecule has 2 atom stereocenters. The Hall–Kier alpha value is -0.150. The fourth-order valence-electron chi connectivity index (χ4n) is 0.456. The van der Waals surface area contributed by atoms with Gasteiger partial charge in [0.05, 0.1) is 5.60 Å². The molecule has 0 saturated carbocycles. The molecule has 0 rings (SSSR count). The number of rotatable bonds is 2. The van der Waals surface area contributed by atoms with Crippen LogP contribution in [0.3, 0.4) is 0 Å². The molecule has 0 saturated heterocycles. The highest BCUT2D eigenvalue weighted by molar-refractivity contribution is 4.62. The fraction of sp³-hybridized carbons (Fsp3) is 1.00. The monoisotopic (exact) mass is 150 g/mol. The molecule has 62 valence electrons. The molecular formula is C7H15FO2. The van der Waals surface area contributed by atoms with E-state index < -0.39 is 18.1 Å². The van der Waals surface area contributed by atoms with E-state index in [1.807, 2.05) is 0 Å². The van der Waals surface area contributed by atoms with Gasteiger partial charge in [0.1, 0.15) is 6.17 Å². The second-order valence-electron chi connectivity index (χ2n) is 3.30. The summed E-state index contributed by atoms with van der Waals surface area (Å²) in [6.45, 7) is 6.55. The van der Waals surface area contributed by atoms with Gasteiger partial charge in [0.2, 0.25) is 0 Å². The first-order valence-electron chi connectivity index (χ1n) is 3.33. The third-order valence-electron chi connectivity index (χ3n) is 0.867. The van der Waals surface area contributed by atoms with E-state index in [0.29, 0.717) is 0 Å². The Balaban J connectivity index is 3.68. The van der Waals surface area contributed by atoms with Crippen molar-refractivity contribution in [2.75, 3.05) is 0 Å². The van der Waals surface area contributed by atoms with E-state index in [-0.39, 0.29) is 0 Å². The molecule has 0 aromatic heterocycles. The highest BCUT2D eigenvalue weighted by Crippen LogP contribution is 2.12. The minimum atomic E-state index is -1.33. The van der Waals surface area contributed by atoms with Crippen molar-refractivity contribution in [3.8, 4) is 0 Å². The summed E-state index contributed by atoms with van der Waals surface area (Å²) >= 11 is 0. The van der Waals surface area contributed by atoms with E-state index in [1.54, 1.807) is 20.8 Å². The molecule has 0 aromatic carbocycles. The fourth-order valence-corrected chi connectivity index (χ4v) is 0.456. The predicted octanol–water partition coefficient (Wildman–Crippen LogP) is 1.48. The van der Waals surface area contributed by atoms with Crippen LogP contribution in [0.2, 0.25) is 0 Å². The maximum Gasteiger partial charge on any atom is 0.186 e. The van der Waals surface area contributed by atoms with Crippen molar-refractivity contribution in [3.05, 3.63) is 0 Å². The van der Waals surface area contributed by atoms with Gasteiger partial charge < -0.3 is 9.84 Å². The maximum atomic E-state index is 12.3. The van der Waals surface area contributed by atoms with Crippen molar-refractivity contribution >= 4 is 0 Å². The zero-order valence-electron chi connectivity index (χ0n) is 6.89. The van der Waals surface area contributed by atoms with Crippen molar-refractivity contribution in [3.63, 3.8) is 0 Å². The second-order valence-corrected chi connectivity index (χ2v) is 3.30. The van der Waals surface area contributed by atoms with Crippen molar-refractivity contribution < 1.29 is 14.2 Å². The summed E-state index contributed by atoms with van der Waals surface area (Å²) in [5.74, 6) is 0. The average molecular weight is 150 g/mol. The van der Waals surface area contributed by atoms with Gasteiger partial charge in [0.15, 0.2) is 6.29 Å². The number of aliphatic hydroxyl groups excluding tert-OH is 1. The molecule has 0 spiro atoms. The predicted molar refractivity (Wildman–Crippen MR) is 37.4 cm³/mol. The minimum absolute atomic E-state index is 0.486. The van der Waals surface area contributed by atoms with Crippen molar-refractivity contribution in [2.24, 2.45) is 0 Å². The number of ether oxygens (including phenoxy) is 1. The summed E-state index contributed by atoms with van der Waals surface area (Å²) in [4.78, 5) is 0. The zero-order valence-corrected chi connectivity index (χ0v) is 6.89. The van der Waals surface area contributed by atoms with Crippen LogP contribution >= 0.6 is 0 Å². The first kappa shape index (κ1) is 9.85. The lowest BCUT2D eigenvalue weighted by Gasteiger charge is -2.24. The molecule has 10 heavy (non-hydrogen) atoms. The summed E-state index contributed by atoms with van der Waals surface area (Å²) < 4.78 is 17.1. The topological polar surface area (TPSA) is 29.5 Å². The van der Waals surface area contributed by atoms with Gasteiger partial charge in [-0.3, -0.25) is 0 Å². The Labute approximate surface area is 61.0 Å². The van der Waals surface area contributed by atoms with Gasteiger partial charge in [-0.1, -0.05) is 0 Å². The van der Waals surface area contributed by atoms with Gasteiger partial charge in [0, 0.05) is 0 Å². The third-order valence-corrected chi connectivity index (χ3v) is 0.867. The van der Waals surface area contributed by atoms with Crippen molar-refractivity contribution in [2.45, 2.75) is 45.8 Å². The van der Waals surface area contributed by atoms with Crippen LogP contribution < -0.4 is 0 Å².